The number of amides is 1. The van der Waals surface area contributed by atoms with Gasteiger partial charge in [0.15, 0.2) is 0 Å². The number of para-hydroxylation sites is 1. The standard InChI is InChI=1S/C15H20N2O2/c1-10(2)13(9-18)16-15(19)12-8-17(3)14-7-5-4-6-11(12)14/h4-8,10,13,18H,9H2,1-3H3,(H,16,19)/t13-/m1/s1. The van der Waals surface area contributed by atoms with Crippen LogP contribution in [0.5, 0.6) is 0 Å². The highest BCUT2D eigenvalue weighted by Crippen LogP contribution is 2.20. The highest BCUT2D eigenvalue weighted by atomic mass is 16.3. The Labute approximate surface area is 113 Å². The second-order valence-corrected chi connectivity index (χ2v) is 5.18. The Morgan fingerprint density at radius 3 is 2.68 bits per heavy atom. The molecule has 0 aliphatic heterocycles. The van der Waals surface area contributed by atoms with E-state index < -0.39 is 0 Å². The molecule has 0 fully saturated rings. The van der Waals surface area contributed by atoms with Crippen molar-refractivity contribution >= 4 is 16.8 Å². The zero-order valence-corrected chi connectivity index (χ0v) is 11.6. The average Bonchev–Trinajstić information content (AvgIpc) is 2.73. The summed E-state index contributed by atoms with van der Waals surface area (Å²) in [5.41, 5.74) is 1.68. The van der Waals surface area contributed by atoms with Crippen LogP contribution in [0.3, 0.4) is 0 Å². The van der Waals surface area contributed by atoms with Crippen molar-refractivity contribution in [1.82, 2.24) is 9.88 Å². The van der Waals surface area contributed by atoms with E-state index in [4.69, 9.17) is 0 Å². The summed E-state index contributed by atoms with van der Waals surface area (Å²) in [6.07, 6.45) is 1.83. The molecule has 2 rings (SSSR count). The first kappa shape index (κ1) is 13.6. The van der Waals surface area contributed by atoms with Gasteiger partial charge in [-0.1, -0.05) is 32.0 Å². The number of nitrogens with zero attached hydrogens (tertiary/aromatic N) is 1. The summed E-state index contributed by atoms with van der Waals surface area (Å²) in [6, 6.07) is 7.58. The molecule has 0 aliphatic rings. The maximum atomic E-state index is 12.3. The van der Waals surface area contributed by atoms with Gasteiger partial charge in [0.05, 0.1) is 18.2 Å². The van der Waals surface area contributed by atoms with Crippen molar-refractivity contribution in [1.29, 1.82) is 0 Å². The summed E-state index contributed by atoms with van der Waals surface area (Å²) in [6.45, 7) is 3.91. The van der Waals surface area contributed by atoms with Gasteiger partial charge in [-0.05, 0) is 12.0 Å². The van der Waals surface area contributed by atoms with E-state index in [2.05, 4.69) is 5.32 Å². The molecule has 1 heterocycles. The Morgan fingerprint density at radius 1 is 1.37 bits per heavy atom. The SMILES string of the molecule is CC(C)[C@@H](CO)NC(=O)c1cn(C)c2ccccc12. The van der Waals surface area contributed by atoms with Gasteiger partial charge in [-0.25, -0.2) is 0 Å². The number of carbonyl (C=O) groups excluding carboxylic acids is 1. The van der Waals surface area contributed by atoms with Gasteiger partial charge in [-0.2, -0.15) is 0 Å². The molecule has 1 aromatic carbocycles. The van der Waals surface area contributed by atoms with E-state index in [1.165, 1.54) is 0 Å². The van der Waals surface area contributed by atoms with E-state index >= 15 is 0 Å². The molecule has 0 unspecified atom stereocenters. The number of rotatable bonds is 4. The van der Waals surface area contributed by atoms with Crippen molar-refractivity contribution in [2.75, 3.05) is 6.61 Å². The number of aromatic nitrogens is 1. The summed E-state index contributed by atoms with van der Waals surface area (Å²) in [5, 5.41) is 13.1. The number of benzene rings is 1. The highest BCUT2D eigenvalue weighted by molar-refractivity contribution is 6.07. The summed E-state index contributed by atoms with van der Waals surface area (Å²) < 4.78 is 1.94. The third kappa shape index (κ3) is 2.63. The topological polar surface area (TPSA) is 54.3 Å². The number of nitrogens with one attached hydrogen (secondary N) is 1. The van der Waals surface area contributed by atoms with E-state index in [0.717, 1.165) is 10.9 Å². The minimum Gasteiger partial charge on any atom is -0.394 e. The van der Waals surface area contributed by atoms with Crippen LogP contribution in [-0.2, 0) is 7.05 Å². The molecular weight excluding hydrogens is 240 g/mol. The Balaban J connectivity index is 2.32. The predicted octanol–water partition coefficient (Wildman–Crippen LogP) is 1.93. The van der Waals surface area contributed by atoms with Crippen LogP contribution in [0.4, 0.5) is 0 Å². The second kappa shape index (κ2) is 5.45. The Morgan fingerprint density at radius 2 is 2.05 bits per heavy atom. The first-order chi connectivity index (χ1) is 9.04. The molecule has 2 N–H and O–H groups in total. The minimum atomic E-state index is -0.216. The number of hydrogen-bond donors (Lipinski definition) is 2. The van der Waals surface area contributed by atoms with Crippen LogP contribution in [0.1, 0.15) is 24.2 Å². The molecule has 19 heavy (non-hydrogen) atoms. The fraction of sp³-hybridized carbons (Fsp3) is 0.400. The molecule has 0 radical (unpaired) electrons. The van der Waals surface area contributed by atoms with Gasteiger partial charge in [0, 0.05) is 24.1 Å². The molecule has 0 bridgehead atoms. The Hall–Kier alpha value is -1.81. The third-order valence-electron chi connectivity index (χ3n) is 3.46. The van der Waals surface area contributed by atoms with E-state index in [0.29, 0.717) is 5.56 Å². The fourth-order valence-electron chi connectivity index (χ4n) is 2.19. The lowest BCUT2D eigenvalue weighted by atomic mass is 10.0. The number of hydrogen-bond acceptors (Lipinski definition) is 2. The van der Waals surface area contributed by atoms with Crippen LogP contribution in [0.15, 0.2) is 30.5 Å². The van der Waals surface area contributed by atoms with Crippen molar-refractivity contribution in [3.8, 4) is 0 Å². The minimum absolute atomic E-state index is 0.0474. The van der Waals surface area contributed by atoms with Crippen LogP contribution in [0.25, 0.3) is 10.9 Å². The maximum Gasteiger partial charge on any atom is 0.253 e. The van der Waals surface area contributed by atoms with Crippen LogP contribution in [0, 0.1) is 5.92 Å². The normalized spacial score (nSPS) is 12.9. The highest BCUT2D eigenvalue weighted by Gasteiger charge is 2.19. The van der Waals surface area contributed by atoms with E-state index in [1.807, 2.05) is 55.9 Å². The molecule has 0 saturated heterocycles. The van der Waals surface area contributed by atoms with Gasteiger partial charge in [0.25, 0.3) is 5.91 Å². The Bertz CT molecular complexity index is 587. The Kier molecular flexibility index (Phi) is 3.90. The molecule has 2 aromatic rings. The molecule has 1 aromatic heterocycles. The zero-order valence-electron chi connectivity index (χ0n) is 11.6. The van der Waals surface area contributed by atoms with Gasteiger partial charge in [0.2, 0.25) is 0 Å². The van der Waals surface area contributed by atoms with Crippen LogP contribution < -0.4 is 5.32 Å². The van der Waals surface area contributed by atoms with Crippen molar-refractivity contribution in [2.24, 2.45) is 13.0 Å². The van der Waals surface area contributed by atoms with Gasteiger partial charge in [-0.15, -0.1) is 0 Å². The average molecular weight is 260 g/mol. The lowest BCUT2D eigenvalue weighted by molar-refractivity contribution is 0.0898. The molecule has 4 nitrogen and oxygen atoms in total. The van der Waals surface area contributed by atoms with Gasteiger partial charge < -0.3 is 15.0 Å². The fourth-order valence-corrected chi connectivity index (χ4v) is 2.19. The van der Waals surface area contributed by atoms with E-state index in [9.17, 15) is 9.90 Å². The molecule has 1 atom stereocenters. The largest absolute Gasteiger partial charge is 0.394 e. The lowest BCUT2D eigenvalue weighted by Gasteiger charge is -2.19. The van der Waals surface area contributed by atoms with Crippen LogP contribution >= 0.6 is 0 Å². The number of aliphatic hydroxyl groups excluding tert-OH is 1. The quantitative estimate of drug-likeness (QED) is 0.882. The summed E-state index contributed by atoms with van der Waals surface area (Å²) >= 11 is 0. The summed E-state index contributed by atoms with van der Waals surface area (Å²) in [7, 11) is 1.92. The van der Waals surface area contributed by atoms with Gasteiger partial charge in [0.1, 0.15) is 0 Å². The number of aryl methyl sites for hydroxylation is 1. The van der Waals surface area contributed by atoms with Crippen molar-refractivity contribution in [3.63, 3.8) is 0 Å². The molecule has 4 heteroatoms. The maximum absolute atomic E-state index is 12.3. The molecule has 1 amide bonds. The first-order valence-electron chi connectivity index (χ1n) is 6.50. The predicted molar refractivity (Wildman–Crippen MR) is 76.1 cm³/mol. The second-order valence-electron chi connectivity index (χ2n) is 5.18. The monoisotopic (exact) mass is 260 g/mol. The number of carbonyl (C=O) groups is 1. The summed E-state index contributed by atoms with van der Waals surface area (Å²) in [5.74, 6) is 0.0634. The van der Waals surface area contributed by atoms with Crippen LogP contribution in [0.2, 0.25) is 0 Å². The van der Waals surface area contributed by atoms with Gasteiger partial charge in [-0.3, -0.25) is 4.79 Å². The van der Waals surface area contributed by atoms with Crippen molar-refractivity contribution in [2.45, 2.75) is 19.9 Å². The van der Waals surface area contributed by atoms with Crippen molar-refractivity contribution < 1.29 is 9.90 Å². The van der Waals surface area contributed by atoms with Crippen molar-refractivity contribution in [3.05, 3.63) is 36.0 Å². The summed E-state index contributed by atoms with van der Waals surface area (Å²) in [4.78, 5) is 12.3. The van der Waals surface area contributed by atoms with Crippen LogP contribution in [-0.4, -0.2) is 28.2 Å². The molecule has 0 aliphatic carbocycles. The third-order valence-corrected chi connectivity index (χ3v) is 3.46. The molecule has 102 valence electrons. The molecule has 0 saturated carbocycles. The number of aliphatic hydroxyl groups is 1. The van der Waals surface area contributed by atoms with E-state index in [1.54, 1.807) is 0 Å². The van der Waals surface area contributed by atoms with Gasteiger partial charge >= 0.3 is 0 Å². The zero-order chi connectivity index (χ0) is 14.0. The lowest BCUT2D eigenvalue weighted by Crippen LogP contribution is -2.41. The number of fused-ring (bicyclic) bond motifs is 1. The molecular formula is C15H20N2O2. The van der Waals surface area contributed by atoms with E-state index in [-0.39, 0.29) is 24.5 Å². The molecule has 0 spiro atoms. The smallest absolute Gasteiger partial charge is 0.253 e. The first-order valence-corrected chi connectivity index (χ1v) is 6.50.